The molecule has 15 heteroatoms. The normalized spacial score (nSPS) is 18.1. The number of fused-ring (bicyclic) bond motifs is 1. The molecule has 3 aromatic heterocycles. The molecule has 4 amide bonds. The lowest BCUT2D eigenvalue weighted by molar-refractivity contribution is -0.136. The minimum absolute atomic E-state index is 0.106. The SMILES string of the molecule is COC(=O)N[C@@H](C(=O)N1CCC[C@@H]1c1ncc(-c2ccc(-c3ccc4cc(-c5cnc([C@H]6CCCN6C(=O)C(NC(=O)O)C(C)C)[nH]5)ccc4c3)s2)[nH]1)C(C)C. The van der Waals surface area contributed by atoms with Crippen molar-refractivity contribution in [2.45, 2.75) is 77.5 Å². The number of nitrogens with zero attached hydrogens (tertiary/aromatic N) is 4. The number of hydrogen-bond acceptors (Lipinski definition) is 8. The number of nitrogens with one attached hydrogen (secondary N) is 4. The molecule has 2 fully saturated rings. The Balaban J connectivity index is 1.04. The smallest absolute Gasteiger partial charge is 0.407 e. The molecule has 5 N–H and O–H groups in total. The first kappa shape index (κ1) is 38.6. The van der Waals surface area contributed by atoms with Gasteiger partial charge in [0.1, 0.15) is 23.7 Å². The van der Waals surface area contributed by atoms with E-state index in [-0.39, 0.29) is 35.7 Å². The summed E-state index contributed by atoms with van der Waals surface area (Å²) in [6.45, 7) is 8.62. The van der Waals surface area contributed by atoms with Crippen molar-refractivity contribution in [3.05, 3.63) is 72.6 Å². The maximum atomic E-state index is 13.6. The van der Waals surface area contributed by atoms with Crippen LogP contribution in [0.4, 0.5) is 9.59 Å². The van der Waals surface area contributed by atoms with Gasteiger partial charge in [-0.15, -0.1) is 11.3 Å². The molecule has 2 aliphatic heterocycles. The quantitative estimate of drug-likeness (QED) is 0.0921. The molecule has 2 aliphatic rings. The van der Waals surface area contributed by atoms with Crippen molar-refractivity contribution < 1.29 is 29.0 Å². The van der Waals surface area contributed by atoms with Crippen molar-refractivity contribution in [3.8, 4) is 32.3 Å². The zero-order chi connectivity index (χ0) is 39.7. The summed E-state index contributed by atoms with van der Waals surface area (Å²) in [6.07, 6.45) is 4.98. The highest BCUT2D eigenvalue weighted by molar-refractivity contribution is 7.18. The van der Waals surface area contributed by atoms with Crippen molar-refractivity contribution in [2.24, 2.45) is 11.8 Å². The van der Waals surface area contributed by atoms with Crippen molar-refractivity contribution in [1.82, 2.24) is 40.4 Å². The average Bonchev–Trinajstić information content (AvgIpc) is 4.03. The zero-order valence-corrected chi connectivity index (χ0v) is 33.0. The number of imidazole rings is 2. The van der Waals surface area contributed by atoms with Crippen molar-refractivity contribution >= 4 is 46.1 Å². The minimum atomic E-state index is -1.21. The molecule has 56 heavy (non-hydrogen) atoms. The Morgan fingerprint density at radius 2 is 1.27 bits per heavy atom. The fourth-order valence-corrected chi connectivity index (χ4v) is 8.79. The summed E-state index contributed by atoms with van der Waals surface area (Å²) >= 11 is 1.66. The molecule has 5 heterocycles. The lowest BCUT2D eigenvalue weighted by Gasteiger charge is -2.30. The van der Waals surface area contributed by atoms with Crippen LogP contribution in [0.15, 0.2) is 60.9 Å². The Labute approximate surface area is 329 Å². The van der Waals surface area contributed by atoms with Crippen LogP contribution in [0.2, 0.25) is 0 Å². The number of likely N-dealkylation sites (tertiary alicyclic amines) is 2. The summed E-state index contributed by atoms with van der Waals surface area (Å²) < 4.78 is 4.76. The number of ether oxygens (including phenoxy) is 1. The van der Waals surface area contributed by atoms with Gasteiger partial charge in [0.25, 0.3) is 0 Å². The van der Waals surface area contributed by atoms with Gasteiger partial charge in [-0.05, 0) is 78.1 Å². The summed E-state index contributed by atoms with van der Waals surface area (Å²) in [7, 11) is 1.29. The average molecular weight is 781 g/mol. The van der Waals surface area contributed by atoms with Crippen LogP contribution in [-0.2, 0) is 14.3 Å². The van der Waals surface area contributed by atoms with E-state index < -0.39 is 24.3 Å². The van der Waals surface area contributed by atoms with Crippen LogP contribution in [0.3, 0.4) is 0 Å². The highest BCUT2D eigenvalue weighted by Crippen LogP contribution is 2.38. The van der Waals surface area contributed by atoms with Crippen LogP contribution in [0.5, 0.6) is 0 Å². The van der Waals surface area contributed by atoms with Gasteiger partial charge < -0.3 is 40.2 Å². The van der Waals surface area contributed by atoms with Gasteiger partial charge in [-0.1, -0.05) is 52.0 Å². The fourth-order valence-electron chi connectivity index (χ4n) is 7.82. The van der Waals surface area contributed by atoms with Crippen LogP contribution in [0.1, 0.15) is 77.1 Å². The van der Waals surface area contributed by atoms with Gasteiger partial charge in [0.2, 0.25) is 11.8 Å². The van der Waals surface area contributed by atoms with Crippen LogP contribution in [-0.4, -0.2) is 91.1 Å². The highest BCUT2D eigenvalue weighted by atomic mass is 32.1. The second-order valence-electron chi connectivity index (χ2n) is 15.2. The Hall–Kier alpha value is -5.70. The van der Waals surface area contributed by atoms with Crippen LogP contribution < -0.4 is 10.6 Å². The maximum absolute atomic E-state index is 13.6. The monoisotopic (exact) mass is 780 g/mol. The largest absolute Gasteiger partial charge is 0.465 e. The van der Waals surface area contributed by atoms with Gasteiger partial charge in [0.05, 0.1) is 47.9 Å². The van der Waals surface area contributed by atoms with Gasteiger partial charge in [0.15, 0.2) is 0 Å². The standard InChI is InChI=1S/C41H48N8O6S/c1-22(2)34(46-40(52)53)38(50)48-16-6-8-30(48)36-42-20-28(44-36)26-12-10-25-19-27(13-11-24(25)18-26)32-14-15-33(56-32)29-21-43-37(45-29)31-9-7-17-49(31)39(51)35(23(3)4)47-41(54)55-5/h10-15,18-23,30-31,34-35,46H,6-9,16-17H2,1-5H3,(H,42,44)(H,43,45)(H,47,54)(H,52,53)/t30-,31-,34?,35-/m1/s1. The Morgan fingerprint density at radius 1 is 0.750 bits per heavy atom. The topological polar surface area (TPSA) is 186 Å². The Kier molecular flexibility index (Phi) is 11.1. The van der Waals surface area contributed by atoms with E-state index in [1.807, 2.05) is 38.8 Å². The third-order valence-corrected chi connectivity index (χ3v) is 12.0. The number of carbonyl (C=O) groups is 4. The number of hydrogen-bond donors (Lipinski definition) is 5. The number of carboxylic acid groups (broad SMARTS) is 1. The summed E-state index contributed by atoms with van der Waals surface area (Å²) in [4.78, 5) is 72.3. The number of benzene rings is 2. The van der Waals surface area contributed by atoms with Gasteiger partial charge in [0, 0.05) is 23.5 Å². The predicted molar refractivity (Wildman–Crippen MR) is 214 cm³/mol. The van der Waals surface area contributed by atoms with E-state index in [9.17, 15) is 24.3 Å². The third-order valence-electron chi connectivity index (χ3n) is 10.8. The molecule has 0 spiro atoms. The minimum Gasteiger partial charge on any atom is -0.465 e. The number of aromatic amines is 2. The second kappa shape index (κ2) is 16.2. The van der Waals surface area contributed by atoms with Crippen molar-refractivity contribution in [1.29, 1.82) is 0 Å². The first-order valence-corrected chi connectivity index (χ1v) is 19.9. The molecular formula is C41H48N8O6S. The molecule has 5 aromatic rings. The number of aromatic nitrogens is 4. The first-order chi connectivity index (χ1) is 26.9. The molecule has 14 nitrogen and oxygen atoms in total. The van der Waals surface area contributed by atoms with Crippen LogP contribution in [0.25, 0.3) is 43.0 Å². The summed E-state index contributed by atoms with van der Waals surface area (Å²) in [5, 5.41) is 16.6. The van der Waals surface area contributed by atoms with E-state index in [0.29, 0.717) is 18.9 Å². The van der Waals surface area contributed by atoms with Crippen LogP contribution >= 0.6 is 11.3 Å². The Morgan fingerprint density at radius 3 is 1.84 bits per heavy atom. The summed E-state index contributed by atoms with van der Waals surface area (Å²) in [6, 6.07) is 14.9. The van der Waals surface area contributed by atoms with Gasteiger partial charge in [-0.2, -0.15) is 0 Å². The lowest BCUT2D eigenvalue weighted by Crippen LogP contribution is -2.51. The predicted octanol–water partition coefficient (Wildman–Crippen LogP) is 7.35. The number of alkyl carbamates (subject to hydrolysis) is 1. The molecule has 294 valence electrons. The molecular weight excluding hydrogens is 733 g/mol. The molecule has 0 saturated carbocycles. The van der Waals surface area contributed by atoms with E-state index in [1.165, 1.54) is 7.11 Å². The first-order valence-electron chi connectivity index (χ1n) is 19.1. The third kappa shape index (κ3) is 7.85. The molecule has 0 bridgehead atoms. The molecule has 0 radical (unpaired) electrons. The molecule has 2 aromatic carbocycles. The van der Waals surface area contributed by atoms with E-state index in [0.717, 1.165) is 74.5 Å². The van der Waals surface area contributed by atoms with Crippen LogP contribution in [0, 0.1) is 11.8 Å². The van der Waals surface area contributed by atoms with Gasteiger partial charge in [-0.3, -0.25) is 9.59 Å². The maximum Gasteiger partial charge on any atom is 0.407 e. The Bertz CT molecular complexity index is 2240. The molecule has 1 unspecified atom stereocenters. The zero-order valence-electron chi connectivity index (χ0n) is 32.2. The fraction of sp³-hybridized carbons (Fsp3) is 0.415. The van der Waals surface area contributed by atoms with E-state index in [2.05, 4.69) is 74.1 Å². The van der Waals surface area contributed by atoms with Crippen molar-refractivity contribution in [2.75, 3.05) is 20.2 Å². The molecule has 0 aliphatic carbocycles. The van der Waals surface area contributed by atoms with Crippen molar-refractivity contribution in [3.63, 3.8) is 0 Å². The molecule has 7 rings (SSSR count). The molecule has 2 saturated heterocycles. The number of amides is 4. The number of H-pyrrole nitrogens is 2. The lowest BCUT2D eigenvalue weighted by atomic mass is 10.0. The summed E-state index contributed by atoms with van der Waals surface area (Å²) in [5.41, 5.74) is 3.80. The number of carbonyl (C=O) groups excluding carboxylic acids is 3. The molecule has 4 atom stereocenters. The number of rotatable bonds is 11. The summed E-state index contributed by atoms with van der Waals surface area (Å²) in [5.74, 6) is 0.763. The van der Waals surface area contributed by atoms with E-state index in [4.69, 9.17) is 9.72 Å². The second-order valence-corrected chi connectivity index (χ2v) is 16.3. The number of thiophene rings is 1. The van der Waals surface area contributed by atoms with E-state index >= 15 is 0 Å². The van der Waals surface area contributed by atoms with E-state index in [1.54, 1.807) is 22.4 Å². The number of methoxy groups -OCH3 is 1. The van der Waals surface area contributed by atoms with Gasteiger partial charge >= 0.3 is 12.2 Å². The highest BCUT2D eigenvalue weighted by Gasteiger charge is 2.39. The van der Waals surface area contributed by atoms with Gasteiger partial charge in [-0.25, -0.2) is 19.6 Å².